The third-order valence-electron chi connectivity index (χ3n) is 5.22. The molecule has 29 heavy (non-hydrogen) atoms. The Bertz CT molecular complexity index is 1100. The van der Waals surface area contributed by atoms with Crippen LogP contribution in [0.5, 0.6) is 0 Å². The van der Waals surface area contributed by atoms with E-state index in [4.69, 9.17) is 4.52 Å². The predicted molar refractivity (Wildman–Crippen MR) is 114 cm³/mol. The van der Waals surface area contributed by atoms with Gasteiger partial charge in [-0.1, -0.05) is 29.4 Å². The minimum absolute atomic E-state index is 0.185. The van der Waals surface area contributed by atoms with Gasteiger partial charge in [-0.25, -0.2) is 13.1 Å². The van der Waals surface area contributed by atoms with Crippen molar-refractivity contribution in [1.29, 1.82) is 0 Å². The molecule has 0 saturated carbocycles. The summed E-state index contributed by atoms with van der Waals surface area (Å²) in [5.74, 6) is 0.694. The van der Waals surface area contributed by atoms with Gasteiger partial charge in [-0.05, 0) is 50.5 Å². The van der Waals surface area contributed by atoms with Gasteiger partial charge in [-0.15, -0.1) is 11.3 Å². The summed E-state index contributed by atoms with van der Waals surface area (Å²) >= 11 is 1.24. The van der Waals surface area contributed by atoms with Crippen molar-refractivity contribution in [2.24, 2.45) is 0 Å². The standard InChI is InChI=1S/C21H25N3O3S2/c1-14(12-24-11-10-17-6-4-5-7-18(17)13-24)23-29(25,26)20-9-8-19(28-20)21-15(2)22-27-16(21)3/h4-9,14,23H,10-13H2,1-3H3. The highest BCUT2D eigenvalue weighted by Crippen LogP contribution is 2.34. The van der Waals surface area contributed by atoms with Crippen LogP contribution >= 0.6 is 11.3 Å². The lowest BCUT2D eigenvalue weighted by molar-refractivity contribution is 0.238. The predicted octanol–water partition coefficient (Wildman–Crippen LogP) is 3.75. The number of nitrogens with one attached hydrogen (secondary N) is 1. The monoisotopic (exact) mass is 431 g/mol. The van der Waals surface area contributed by atoms with Crippen LogP contribution in [-0.4, -0.2) is 37.6 Å². The van der Waals surface area contributed by atoms with Crippen LogP contribution in [-0.2, 0) is 23.0 Å². The lowest BCUT2D eigenvalue weighted by Gasteiger charge is -2.30. The first-order chi connectivity index (χ1) is 13.8. The summed E-state index contributed by atoms with van der Waals surface area (Å²) in [5.41, 5.74) is 4.36. The second kappa shape index (κ2) is 8.02. The van der Waals surface area contributed by atoms with Crippen molar-refractivity contribution in [2.75, 3.05) is 13.1 Å². The molecule has 0 fully saturated rings. The molecule has 0 spiro atoms. The lowest BCUT2D eigenvalue weighted by atomic mass is 10.00. The third-order valence-corrected chi connectivity index (χ3v) is 8.41. The van der Waals surface area contributed by atoms with Crippen molar-refractivity contribution in [3.8, 4) is 10.4 Å². The summed E-state index contributed by atoms with van der Waals surface area (Å²) < 4.78 is 34.1. The molecule has 154 valence electrons. The van der Waals surface area contributed by atoms with Crippen LogP contribution in [0.15, 0.2) is 45.1 Å². The van der Waals surface area contributed by atoms with E-state index in [1.165, 1.54) is 22.5 Å². The number of hydrogen-bond acceptors (Lipinski definition) is 6. The van der Waals surface area contributed by atoms with E-state index in [0.717, 1.165) is 35.6 Å². The van der Waals surface area contributed by atoms with Gasteiger partial charge in [0.15, 0.2) is 0 Å². The second-order valence-electron chi connectivity index (χ2n) is 7.59. The number of rotatable bonds is 6. The SMILES string of the molecule is Cc1noc(C)c1-c1ccc(S(=O)(=O)NC(C)CN2CCc3ccccc3C2)s1. The molecular weight excluding hydrogens is 406 g/mol. The molecule has 0 aliphatic carbocycles. The third kappa shape index (κ3) is 4.30. The molecule has 1 aromatic carbocycles. The minimum atomic E-state index is -3.58. The molecule has 0 amide bonds. The van der Waals surface area contributed by atoms with Crippen LogP contribution in [0.4, 0.5) is 0 Å². The Kier molecular flexibility index (Phi) is 5.61. The Labute approximate surface area is 175 Å². The number of aryl methyl sites for hydroxylation is 2. The molecule has 0 bridgehead atoms. The van der Waals surface area contributed by atoms with Gasteiger partial charge in [0.25, 0.3) is 0 Å². The highest BCUT2D eigenvalue weighted by molar-refractivity contribution is 7.91. The molecule has 8 heteroatoms. The first-order valence-corrected chi connectivity index (χ1v) is 12.0. The number of aromatic nitrogens is 1. The van der Waals surface area contributed by atoms with Crippen molar-refractivity contribution in [2.45, 2.75) is 44.0 Å². The summed E-state index contributed by atoms with van der Waals surface area (Å²) in [6.07, 6.45) is 1.00. The largest absolute Gasteiger partial charge is 0.361 e. The number of fused-ring (bicyclic) bond motifs is 1. The lowest BCUT2D eigenvalue weighted by Crippen LogP contribution is -2.43. The van der Waals surface area contributed by atoms with Crippen LogP contribution in [0.1, 0.15) is 29.5 Å². The molecule has 0 radical (unpaired) electrons. The molecule has 1 unspecified atom stereocenters. The Morgan fingerprint density at radius 3 is 2.69 bits per heavy atom. The van der Waals surface area contributed by atoms with E-state index in [2.05, 4.69) is 39.0 Å². The van der Waals surface area contributed by atoms with Crippen molar-refractivity contribution >= 4 is 21.4 Å². The summed E-state index contributed by atoms with van der Waals surface area (Å²) in [6.45, 7) is 8.09. The summed E-state index contributed by atoms with van der Waals surface area (Å²) in [4.78, 5) is 3.15. The normalized spacial score (nSPS) is 16.0. The molecule has 1 N–H and O–H groups in total. The van der Waals surface area contributed by atoms with E-state index in [1.54, 1.807) is 6.07 Å². The van der Waals surface area contributed by atoms with Gasteiger partial charge in [0.2, 0.25) is 10.0 Å². The maximum Gasteiger partial charge on any atom is 0.250 e. The topological polar surface area (TPSA) is 75.4 Å². The van der Waals surface area contributed by atoms with E-state index in [1.807, 2.05) is 26.8 Å². The van der Waals surface area contributed by atoms with E-state index >= 15 is 0 Å². The molecule has 1 aliphatic heterocycles. The first kappa shape index (κ1) is 20.3. The smallest absolute Gasteiger partial charge is 0.250 e. The van der Waals surface area contributed by atoms with Crippen LogP contribution in [0.25, 0.3) is 10.4 Å². The minimum Gasteiger partial charge on any atom is -0.361 e. The maximum atomic E-state index is 12.9. The fourth-order valence-electron chi connectivity index (χ4n) is 3.89. The molecule has 0 saturated heterocycles. The second-order valence-corrected chi connectivity index (χ2v) is 10.6. The molecule has 2 aromatic heterocycles. The highest BCUT2D eigenvalue weighted by Gasteiger charge is 2.24. The van der Waals surface area contributed by atoms with E-state index in [9.17, 15) is 8.42 Å². The number of thiophene rings is 1. The zero-order valence-electron chi connectivity index (χ0n) is 16.8. The van der Waals surface area contributed by atoms with Gasteiger partial charge in [0.05, 0.1) is 11.3 Å². The Hall–Kier alpha value is -2.00. The van der Waals surface area contributed by atoms with Crippen molar-refractivity contribution in [3.05, 3.63) is 59.0 Å². The van der Waals surface area contributed by atoms with Crippen molar-refractivity contribution in [1.82, 2.24) is 14.8 Å². The molecular formula is C21H25N3O3S2. The van der Waals surface area contributed by atoms with Crippen LogP contribution < -0.4 is 4.72 Å². The summed E-state index contributed by atoms with van der Waals surface area (Å²) in [5, 5.41) is 3.95. The van der Waals surface area contributed by atoms with Crippen molar-refractivity contribution < 1.29 is 12.9 Å². The van der Waals surface area contributed by atoms with E-state index in [0.29, 0.717) is 16.5 Å². The maximum absolute atomic E-state index is 12.9. The molecule has 4 rings (SSSR count). The molecule has 3 heterocycles. The zero-order valence-corrected chi connectivity index (χ0v) is 18.4. The van der Waals surface area contributed by atoms with Gasteiger partial charge >= 0.3 is 0 Å². The van der Waals surface area contributed by atoms with Crippen LogP contribution in [0.2, 0.25) is 0 Å². The summed E-state index contributed by atoms with van der Waals surface area (Å²) in [7, 11) is -3.58. The van der Waals surface area contributed by atoms with Gasteiger partial charge in [-0.3, -0.25) is 4.90 Å². The van der Waals surface area contributed by atoms with Crippen molar-refractivity contribution in [3.63, 3.8) is 0 Å². The average molecular weight is 432 g/mol. The van der Waals surface area contributed by atoms with Gasteiger partial charge < -0.3 is 4.52 Å². The van der Waals surface area contributed by atoms with Crippen LogP contribution in [0, 0.1) is 13.8 Å². The Balaban J connectivity index is 1.43. The van der Waals surface area contributed by atoms with Gasteiger partial charge in [0, 0.05) is 30.6 Å². The number of benzene rings is 1. The molecule has 6 nitrogen and oxygen atoms in total. The number of nitrogens with zero attached hydrogens (tertiary/aromatic N) is 2. The van der Waals surface area contributed by atoms with E-state index < -0.39 is 10.0 Å². The first-order valence-electron chi connectivity index (χ1n) is 9.68. The van der Waals surface area contributed by atoms with Gasteiger partial charge in [-0.2, -0.15) is 0 Å². The fraction of sp³-hybridized carbons (Fsp3) is 0.381. The number of hydrogen-bond donors (Lipinski definition) is 1. The Morgan fingerprint density at radius 1 is 1.21 bits per heavy atom. The molecule has 3 aromatic rings. The van der Waals surface area contributed by atoms with Gasteiger partial charge in [0.1, 0.15) is 9.97 Å². The molecule has 1 aliphatic rings. The fourth-order valence-corrected chi connectivity index (χ4v) is 6.59. The quantitative estimate of drug-likeness (QED) is 0.643. The average Bonchev–Trinajstić information content (AvgIpc) is 3.28. The zero-order chi connectivity index (χ0) is 20.6. The summed E-state index contributed by atoms with van der Waals surface area (Å²) in [6, 6.07) is 11.7. The van der Waals surface area contributed by atoms with E-state index in [-0.39, 0.29) is 6.04 Å². The molecule has 1 atom stereocenters. The Morgan fingerprint density at radius 2 is 1.97 bits per heavy atom. The van der Waals surface area contributed by atoms with Crippen LogP contribution in [0.3, 0.4) is 0 Å². The highest BCUT2D eigenvalue weighted by atomic mass is 32.2. The number of sulfonamides is 1.